The summed E-state index contributed by atoms with van der Waals surface area (Å²) in [5.41, 5.74) is 1.99. The van der Waals surface area contributed by atoms with Gasteiger partial charge in [-0.25, -0.2) is 4.79 Å². The molecule has 6 nitrogen and oxygen atoms in total. The molecule has 6 heteroatoms. The van der Waals surface area contributed by atoms with Crippen molar-refractivity contribution in [3.63, 3.8) is 0 Å². The first-order chi connectivity index (χ1) is 11.1. The van der Waals surface area contributed by atoms with Gasteiger partial charge in [0, 0.05) is 6.42 Å². The highest BCUT2D eigenvalue weighted by Gasteiger charge is 2.42. The number of nitrogens with one attached hydrogen (secondary N) is 1. The molecule has 2 aliphatic rings. The molecular weight excluding hydrogens is 296 g/mol. The zero-order valence-corrected chi connectivity index (χ0v) is 13.7. The van der Waals surface area contributed by atoms with Crippen LogP contribution < -0.4 is 5.32 Å². The van der Waals surface area contributed by atoms with E-state index < -0.39 is 18.0 Å². The molecular formula is C17H22N2O4. The SMILES string of the molecule is CC.Cc1ccccc1C1CN(C2CCC(=O)NC2=O)C(=O)O1. The number of benzene rings is 1. The largest absolute Gasteiger partial charge is 0.439 e. The predicted octanol–water partition coefficient (Wildman–Crippen LogP) is 2.32. The predicted molar refractivity (Wildman–Crippen MR) is 84.6 cm³/mol. The lowest BCUT2D eigenvalue weighted by Gasteiger charge is -2.27. The first-order valence-electron chi connectivity index (χ1n) is 7.92. The summed E-state index contributed by atoms with van der Waals surface area (Å²) < 4.78 is 5.39. The molecule has 0 aliphatic carbocycles. The molecule has 1 aromatic carbocycles. The van der Waals surface area contributed by atoms with Crippen LogP contribution in [0, 0.1) is 6.92 Å². The van der Waals surface area contributed by atoms with Crippen LogP contribution in [0.4, 0.5) is 4.79 Å². The Morgan fingerprint density at radius 3 is 2.52 bits per heavy atom. The summed E-state index contributed by atoms with van der Waals surface area (Å²) in [6, 6.07) is 7.07. The molecule has 124 valence electrons. The number of hydrogen-bond acceptors (Lipinski definition) is 4. The Labute approximate surface area is 135 Å². The third kappa shape index (κ3) is 3.52. The van der Waals surface area contributed by atoms with Gasteiger partial charge in [0.2, 0.25) is 11.8 Å². The van der Waals surface area contributed by atoms with Crippen molar-refractivity contribution >= 4 is 17.9 Å². The lowest BCUT2D eigenvalue weighted by atomic mass is 10.0. The van der Waals surface area contributed by atoms with Crippen LogP contribution in [0.3, 0.4) is 0 Å². The normalized spacial score (nSPS) is 23.8. The standard InChI is InChI=1S/C15H16N2O4.C2H6/c1-9-4-2-3-5-10(9)12-8-17(15(20)21-12)11-6-7-13(18)16-14(11)19;1-2/h2-5,11-12H,6-8H2,1H3,(H,16,18,19);1-2H3. The first kappa shape index (κ1) is 17.0. The van der Waals surface area contributed by atoms with Gasteiger partial charge in [0.05, 0.1) is 6.54 Å². The highest BCUT2D eigenvalue weighted by Crippen LogP contribution is 2.30. The van der Waals surface area contributed by atoms with Crippen LogP contribution in [-0.2, 0) is 14.3 Å². The molecule has 2 aliphatic heterocycles. The number of ether oxygens (including phenoxy) is 1. The minimum absolute atomic E-state index is 0.245. The molecule has 0 saturated carbocycles. The summed E-state index contributed by atoms with van der Waals surface area (Å²) in [6.07, 6.45) is -0.281. The molecule has 0 bridgehead atoms. The van der Waals surface area contributed by atoms with E-state index >= 15 is 0 Å². The van der Waals surface area contributed by atoms with E-state index in [2.05, 4.69) is 5.32 Å². The number of cyclic esters (lactones) is 1. The molecule has 23 heavy (non-hydrogen) atoms. The molecule has 2 unspecified atom stereocenters. The fourth-order valence-corrected chi connectivity index (χ4v) is 2.82. The quantitative estimate of drug-likeness (QED) is 0.849. The average molecular weight is 318 g/mol. The van der Waals surface area contributed by atoms with E-state index in [0.717, 1.165) is 11.1 Å². The van der Waals surface area contributed by atoms with Gasteiger partial charge in [-0.05, 0) is 24.5 Å². The maximum absolute atomic E-state index is 12.0. The lowest BCUT2D eigenvalue weighted by molar-refractivity contribution is -0.136. The van der Waals surface area contributed by atoms with E-state index in [1.54, 1.807) is 0 Å². The molecule has 2 saturated heterocycles. The Morgan fingerprint density at radius 2 is 1.87 bits per heavy atom. The Bertz CT molecular complexity index is 614. The molecule has 2 fully saturated rings. The van der Waals surface area contributed by atoms with Gasteiger partial charge in [-0.3, -0.25) is 19.8 Å². The third-order valence-electron chi connectivity index (χ3n) is 3.96. The Balaban J connectivity index is 0.000000924. The van der Waals surface area contributed by atoms with E-state index in [0.29, 0.717) is 13.0 Å². The number of imide groups is 1. The fraction of sp³-hybridized carbons (Fsp3) is 0.471. The summed E-state index contributed by atoms with van der Waals surface area (Å²) in [4.78, 5) is 36.5. The molecule has 2 heterocycles. The Hall–Kier alpha value is -2.37. The van der Waals surface area contributed by atoms with Crippen LogP contribution >= 0.6 is 0 Å². The summed E-state index contributed by atoms with van der Waals surface area (Å²) >= 11 is 0. The van der Waals surface area contributed by atoms with Crippen LogP contribution in [0.15, 0.2) is 24.3 Å². The maximum Gasteiger partial charge on any atom is 0.411 e. The van der Waals surface area contributed by atoms with Crippen molar-refractivity contribution in [3.8, 4) is 0 Å². The van der Waals surface area contributed by atoms with E-state index in [4.69, 9.17) is 4.74 Å². The van der Waals surface area contributed by atoms with Gasteiger partial charge in [-0.2, -0.15) is 0 Å². The summed E-state index contributed by atoms with van der Waals surface area (Å²) in [5, 5.41) is 2.27. The Morgan fingerprint density at radius 1 is 1.17 bits per heavy atom. The molecule has 0 spiro atoms. The highest BCUT2D eigenvalue weighted by atomic mass is 16.6. The number of carbonyl (C=O) groups excluding carboxylic acids is 3. The molecule has 1 aromatic rings. The van der Waals surface area contributed by atoms with Crippen molar-refractivity contribution in [1.82, 2.24) is 10.2 Å². The smallest absolute Gasteiger partial charge is 0.411 e. The van der Waals surface area contributed by atoms with Crippen LogP contribution in [-0.4, -0.2) is 35.4 Å². The second kappa shape index (κ2) is 7.26. The zero-order valence-electron chi connectivity index (χ0n) is 13.7. The van der Waals surface area contributed by atoms with E-state index in [1.807, 2.05) is 45.0 Å². The van der Waals surface area contributed by atoms with Crippen LogP contribution in [0.25, 0.3) is 0 Å². The van der Waals surface area contributed by atoms with Crippen molar-refractivity contribution in [2.24, 2.45) is 0 Å². The first-order valence-corrected chi connectivity index (χ1v) is 7.92. The van der Waals surface area contributed by atoms with E-state index in [9.17, 15) is 14.4 Å². The molecule has 2 atom stereocenters. The fourth-order valence-electron chi connectivity index (χ4n) is 2.82. The van der Waals surface area contributed by atoms with Crippen molar-refractivity contribution in [3.05, 3.63) is 35.4 Å². The van der Waals surface area contributed by atoms with Crippen LogP contribution in [0.5, 0.6) is 0 Å². The molecule has 3 amide bonds. The monoisotopic (exact) mass is 318 g/mol. The number of rotatable bonds is 2. The number of nitrogens with zero attached hydrogens (tertiary/aromatic N) is 1. The van der Waals surface area contributed by atoms with Gasteiger partial charge >= 0.3 is 6.09 Å². The van der Waals surface area contributed by atoms with Gasteiger partial charge in [0.15, 0.2) is 0 Å². The summed E-state index contributed by atoms with van der Waals surface area (Å²) in [7, 11) is 0. The van der Waals surface area contributed by atoms with Gasteiger partial charge in [0.25, 0.3) is 0 Å². The van der Waals surface area contributed by atoms with Crippen molar-refractivity contribution < 1.29 is 19.1 Å². The number of piperidine rings is 1. The molecule has 0 aromatic heterocycles. The highest BCUT2D eigenvalue weighted by molar-refractivity contribution is 6.01. The topological polar surface area (TPSA) is 75.7 Å². The van der Waals surface area contributed by atoms with E-state index in [1.165, 1.54) is 4.90 Å². The third-order valence-corrected chi connectivity index (χ3v) is 3.96. The lowest BCUT2D eigenvalue weighted by Crippen LogP contribution is -2.52. The second-order valence-corrected chi connectivity index (χ2v) is 5.35. The number of carbonyl (C=O) groups is 3. The van der Waals surface area contributed by atoms with Crippen molar-refractivity contribution in [2.75, 3.05) is 6.54 Å². The zero-order chi connectivity index (χ0) is 17.0. The van der Waals surface area contributed by atoms with Gasteiger partial charge in [0.1, 0.15) is 12.1 Å². The molecule has 1 N–H and O–H groups in total. The molecule has 0 radical (unpaired) electrons. The van der Waals surface area contributed by atoms with E-state index in [-0.39, 0.29) is 18.4 Å². The maximum atomic E-state index is 12.0. The number of aryl methyl sites for hydroxylation is 1. The molecule has 3 rings (SSSR count). The van der Waals surface area contributed by atoms with Crippen LogP contribution in [0.2, 0.25) is 0 Å². The van der Waals surface area contributed by atoms with Crippen molar-refractivity contribution in [2.45, 2.75) is 45.8 Å². The average Bonchev–Trinajstić information content (AvgIpc) is 2.91. The van der Waals surface area contributed by atoms with Crippen LogP contribution in [0.1, 0.15) is 43.9 Å². The second-order valence-electron chi connectivity index (χ2n) is 5.35. The van der Waals surface area contributed by atoms with Crippen molar-refractivity contribution in [1.29, 1.82) is 0 Å². The minimum Gasteiger partial charge on any atom is -0.439 e. The number of hydrogen-bond donors (Lipinski definition) is 1. The summed E-state index contributed by atoms with van der Waals surface area (Å²) in [6.45, 7) is 6.29. The Kier molecular flexibility index (Phi) is 5.36. The minimum atomic E-state index is -0.621. The van der Waals surface area contributed by atoms with Gasteiger partial charge < -0.3 is 4.74 Å². The van der Waals surface area contributed by atoms with Gasteiger partial charge in [-0.15, -0.1) is 0 Å². The summed E-state index contributed by atoms with van der Waals surface area (Å²) in [5.74, 6) is -0.715. The number of amides is 3. The van der Waals surface area contributed by atoms with Gasteiger partial charge in [-0.1, -0.05) is 38.1 Å².